The first kappa shape index (κ1) is 36.9. The Hall–Kier alpha value is -5.60. The molecule has 0 saturated carbocycles. The van der Waals surface area contributed by atoms with Crippen LogP contribution >= 0.6 is 0 Å². The van der Waals surface area contributed by atoms with E-state index in [1.807, 2.05) is 48.5 Å². The SMILES string of the molecule is COc1cc(NC(C)=O)cc(OC)c1N=NC1C=CC(NC(C)=O)=CC1(OC)OC.COc1ccccc1N=Nc1ccccc1OC. The Bertz CT molecular complexity index is 1610. The molecular weight excluding hydrogens is 620 g/mol. The number of allylic oxidation sites excluding steroid dienone is 1. The van der Waals surface area contributed by atoms with Crippen molar-refractivity contribution in [1.29, 1.82) is 0 Å². The Labute approximate surface area is 279 Å². The molecule has 2 amide bonds. The van der Waals surface area contributed by atoms with Crippen molar-refractivity contribution < 1.29 is 38.0 Å². The summed E-state index contributed by atoms with van der Waals surface area (Å²) in [6, 6.07) is 17.5. The first-order valence-corrected chi connectivity index (χ1v) is 14.5. The quantitative estimate of drug-likeness (QED) is 0.158. The zero-order valence-corrected chi connectivity index (χ0v) is 28.1. The smallest absolute Gasteiger partial charge is 0.221 e. The van der Waals surface area contributed by atoms with Crippen LogP contribution < -0.4 is 29.6 Å². The Morgan fingerprint density at radius 1 is 0.667 bits per heavy atom. The predicted octanol–water partition coefficient (Wildman–Crippen LogP) is 6.81. The molecule has 254 valence electrons. The van der Waals surface area contributed by atoms with E-state index in [-0.39, 0.29) is 11.8 Å². The standard InChI is InChI=1S/C20H26N4O6.C14H14N2O2/c1-12(25)21-14-7-8-18(20(11-14,29-5)30-6)23-24-19-16(27-3)9-15(22-13(2)26)10-17(19)28-4;1-17-13-9-5-3-7-11(13)15-16-12-8-4-6-10-14(12)18-2/h7-11,18H,1-6H3,(H,21,25)(H,22,26);3-10H,1-2H3. The summed E-state index contributed by atoms with van der Waals surface area (Å²) < 4.78 is 32.3. The van der Waals surface area contributed by atoms with Gasteiger partial charge in [-0.05, 0) is 30.3 Å². The van der Waals surface area contributed by atoms with Crippen LogP contribution in [0.1, 0.15) is 13.8 Å². The highest BCUT2D eigenvalue weighted by Crippen LogP contribution is 2.41. The highest BCUT2D eigenvalue weighted by Gasteiger charge is 2.39. The first-order valence-electron chi connectivity index (χ1n) is 14.5. The molecule has 1 unspecified atom stereocenters. The molecule has 4 rings (SSSR count). The third-order valence-electron chi connectivity index (χ3n) is 6.70. The summed E-state index contributed by atoms with van der Waals surface area (Å²) in [5, 5.41) is 22.4. The number of nitrogens with zero attached hydrogens (tertiary/aromatic N) is 4. The molecular formula is C34H40N6O8. The summed E-state index contributed by atoms with van der Waals surface area (Å²) in [7, 11) is 9.10. The van der Waals surface area contributed by atoms with Gasteiger partial charge >= 0.3 is 0 Å². The largest absolute Gasteiger partial charge is 0.494 e. The molecule has 0 radical (unpaired) electrons. The second kappa shape index (κ2) is 17.9. The molecule has 14 heteroatoms. The van der Waals surface area contributed by atoms with Gasteiger partial charge in [-0.2, -0.15) is 5.11 Å². The third kappa shape index (κ3) is 9.70. The fourth-order valence-corrected chi connectivity index (χ4v) is 4.44. The number of benzene rings is 3. The Balaban J connectivity index is 0.000000294. The lowest BCUT2D eigenvalue weighted by molar-refractivity contribution is -0.177. The van der Waals surface area contributed by atoms with Crippen molar-refractivity contribution in [3.05, 3.63) is 84.6 Å². The highest BCUT2D eigenvalue weighted by atomic mass is 16.7. The highest BCUT2D eigenvalue weighted by molar-refractivity contribution is 5.90. The molecule has 0 aromatic heterocycles. The third-order valence-corrected chi connectivity index (χ3v) is 6.70. The van der Waals surface area contributed by atoms with E-state index in [9.17, 15) is 9.59 Å². The Morgan fingerprint density at radius 2 is 1.15 bits per heavy atom. The van der Waals surface area contributed by atoms with Crippen LogP contribution in [0.3, 0.4) is 0 Å². The number of methoxy groups -OCH3 is 6. The van der Waals surface area contributed by atoms with E-state index >= 15 is 0 Å². The first-order chi connectivity index (χ1) is 23.1. The van der Waals surface area contributed by atoms with Gasteiger partial charge < -0.3 is 39.1 Å². The normalized spacial score (nSPS) is 14.8. The summed E-state index contributed by atoms with van der Waals surface area (Å²) in [6.07, 6.45) is 5.01. The molecule has 0 aliphatic heterocycles. The predicted molar refractivity (Wildman–Crippen MR) is 180 cm³/mol. The number of ether oxygens (including phenoxy) is 6. The molecule has 14 nitrogen and oxygen atoms in total. The number of azo groups is 2. The molecule has 0 fully saturated rings. The summed E-state index contributed by atoms with van der Waals surface area (Å²) in [6.45, 7) is 2.81. The number of carbonyl (C=O) groups is 2. The minimum atomic E-state index is -1.27. The average Bonchev–Trinajstić information content (AvgIpc) is 3.09. The molecule has 0 bridgehead atoms. The number of amides is 2. The van der Waals surface area contributed by atoms with Crippen LogP contribution in [-0.4, -0.2) is 66.3 Å². The maximum absolute atomic E-state index is 11.4. The molecule has 48 heavy (non-hydrogen) atoms. The molecule has 0 saturated heterocycles. The number of carbonyl (C=O) groups excluding carboxylic acids is 2. The molecule has 0 heterocycles. The monoisotopic (exact) mass is 660 g/mol. The lowest BCUT2D eigenvalue weighted by Gasteiger charge is -2.34. The number of hydrogen-bond acceptors (Lipinski definition) is 12. The van der Waals surface area contributed by atoms with Crippen molar-refractivity contribution in [3.63, 3.8) is 0 Å². The van der Waals surface area contributed by atoms with Gasteiger partial charge in [-0.15, -0.1) is 15.3 Å². The summed E-state index contributed by atoms with van der Waals surface area (Å²) in [4.78, 5) is 22.7. The number of anilines is 1. The average molecular weight is 661 g/mol. The van der Waals surface area contributed by atoms with E-state index in [0.717, 1.165) is 0 Å². The van der Waals surface area contributed by atoms with Crippen molar-refractivity contribution in [3.8, 4) is 23.0 Å². The van der Waals surface area contributed by atoms with Crippen LogP contribution in [0.25, 0.3) is 0 Å². The second-order valence-corrected chi connectivity index (χ2v) is 9.88. The van der Waals surface area contributed by atoms with Crippen molar-refractivity contribution in [2.75, 3.05) is 48.0 Å². The molecule has 1 atom stereocenters. The van der Waals surface area contributed by atoms with Crippen molar-refractivity contribution in [2.24, 2.45) is 20.5 Å². The van der Waals surface area contributed by atoms with Gasteiger partial charge in [0.2, 0.25) is 17.6 Å². The molecule has 1 aliphatic carbocycles. The zero-order valence-electron chi connectivity index (χ0n) is 28.1. The summed E-state index contributed by atoms with van der Waals surface area (Å²) >= 11 is 0. The van der Waals surface area contributed by atoms with Crippen LogP contribution in [-0.2, 0) is 19.1 Å². The van der Waals surface area contributed by atoms with Crippen molar-refractivity contribution in [2.45, 2.75) is 25.7 Å². The van der Waals surface area contributed by atoms with E-state index in [0.29, 0.717) is 51.4 Å². The Kier molecular flexibility index (Phi) is 13.8. The molecule has 0 spiro atoms. The van der Waals surface area contributed by atoms with E-state index in [2.05, 4.69) is 31.1 Å². The molecule has 3 aromatic carbocycles. The van der Waals surface area contributed by atoms with Crippen LogP contribution in [0.5, 0.6) is 23.0 Å². The summed E-state index contributed by atoms with van der Waals surface area (Å²) in [5.41, 5.74) is 2.73. The minimum Gasteiger partial charge on any atom is -0.494 e. The second-order valence-electron chi connectivity index (χ2n) is 9.88. The number of para-hydroxylation sites is 2. The van der Waals surface area contributed by atoms with E-state index in [1.54, 1.807) is 44.6 Å². The molecule has 1 aliphatic rings. The van der Waals surface area contributed by atoms with E-state index in [1.165, 1.54) is 42.3 Å². The van der Waals surface area contributed by atoms with Gasteiger partial charge in [0.1, 0.15) is 28.9 Å². The zero-order chi connectivity index (χ0) is 35.1. The van der Waals surface area contributed by atoms with Gasteiger partial charge in [0.05, 0.1) is 28.4 Å². The number of rotatable bonds is 12. The number of nitrogens with one attached hydrogen (secondary N) is 2. The van der Waals surface area contributed by atoms with Crippen LogP contribution in [0.15, 0.2) is 105 Å². The molecule has 3 aromatic rings. The van der Waals surface area contributed by atoms with Crippen LogP contribution in [0.2, 0.25) is 0 Å². The lowest BCUT2D eigenvalue weighted by Crippen LogP contribution is -2.45. The topological polar surface area (TPSA) is 163 Å². The van der Waals surface area contributed by atoms with E-state index in [4.69, 9.17) is 28.4 Å². The maximum atomic E-state index is 11.4. The van der Waals surface area contributed by atoms with Gasteiger partial charge in [0, 0.05) is 57.7 Å². The van der Waals surface area contributed by atoms with Gasteiger partial charge in [-0.3, -0.25) is 9.59 Å². The molecule has 2 N–H and O–H groups in total. The van der Waals surface area contributed by atoms with Crippen LogP contribution in [0, 0.1) is 0 Å². The van der Waals surface area contributed by atoms with Gasteiger partial charge in [-0.25, -0.2) is 0 Å². The number of hydrogen-bond donors (Lipinski definition) is 2. The summed E-state index contributed by atoms with van der Waals surface area (Å²) in [5.74, 6) is 0.376. The van der Waals surface area contributed by atoms with Gasteiger partial charge in [-0.1, -0.05) is 30.3 Å². The minimum absolute atomic E-state index is 0.221. The fraction of sp³-hybridized carbons (Fsp3) is 0.294. The van der Waals surface area contributed by atoms with Crippen molar-refractivity contribution >= 4 is 34.6 Å². The fourth-order valence-electron chi connectivity index (χ4n) is 4.44. The Morgan fingerprint density at radius 3 is 1.58 bits per heavy atom. The lowest BCUT2D eigenvalue weighted by atomic mass is 10.00. The van der Waals surface area contributed by atoms with Gasteiger partial charge in [0.15, 0.2) is 17.2 Å². The van der Waals surface area contributed by atoms with Crippen molar-refractivity contribution in [1.82, 2.24) is 5.32 Å². The van der Waals surface area contributed by atoms with Gasteiger partial charge in [0.25, 0.3) is 0 Å². The van der Waals surface area contributed by atoms with E-state index < -0.39 is 11.8 Å². The van der Waals surface area contributed by atoms with Crippen LogP contribution in [0.4, 0.5) is 22.7 Å². The maximum Gasteiger partial charge on any atom is 0.221 e.